The molecule has 3 aromatic rings. The third kappa shape index (κ3) is 4.03. The smallest absolute Gasteiger partial charge is 0.253 e. The van der Waals surface area contributed by atoms with Gasteiger partial charge in [0.2, 0.25) is 0 Å². The summed E-state index contributed by atoms with van der Waals surface area (Å²) >= 11 is 0. The predicted molar refractivity (Wildman–Crippen MR) is 123 cm³/mol. The van der Waals surface area contributed by atoms with Crippen molar-refractivity contribution in [2.75, 3.05) is 19.7 Å². The Morgan fingerprint density at radius 3 is 2.81 bits per heavy atom. The standard InChI is InChI=1S/C24H32N6O2/c1-3-32-19-10-11-21-17(13-19)14-20(24(31)25-21)22(29-12-6-7-16(2)15-29)23-26-27-28-30(23)18-8-4-5-9-18/h10-11,13-14,16,18,22H,3-9,12,15H2,1-2H3,(H,25,31)/t16-,22+/m1/s1. The number of aromatic amines is 1. The van der Waals surface area contributed by atoms with Crippen molar-refractivity contribution in [2.45, 2.75) is 64.5 Å². The minimum atomic E-state index is -0.266. The second-order valence-corrected chi connectivity index (χ2v) is 9.30. The van der Waals surface area contributed by atoms with E-state index in [-0.39, 0.29) is 11.6 Å². The summed E-state index contributed by atoms with van der Waals surface area (Å²) in [5.74, 6) is 2.17. The molecule has 8 heteroatoms. The van der Waals surface area contributed by atoms with Gasteiger partial charge in [-0.2, -0.15) is 0 Å². The summed E-state index contributed by atoms with van der Waals surface area (Å²) in [7, 11) is 0. The third-order valence-electron chi connectivity index (χ3n) is 6.94. The number of benzene rings is 1. The number of H-pyrrole nitrogens is 1. The molecule has 1 aromatic carbocycles. The molecule has 1 aliphatic heterocycles. The number of ether oxygens (including phenoxy) is 1. The largest absolute Gasteiger partial charge is 0.494 e. The molecule has 0 radical (unpaired) electrons. The van der Waals surface area contributed by atoms with Crippen LogP contribution in [0.2, 0.25) is 0 Å². The highest BCUT2D eigenvalue weighted by atomic mass is 16.5. The molecule has 1 N–H and O–H groups in total. The van der Waals surface area contributed by atoms with E-state index in [9.17, 15) is 4.79 Å². The molecule has 0 spiro atoms. The molecule has 0 unspecified atom stereocenters. The van der Waals surface area contributed by atoms with E-state index in [0.29, 0.717) is 24.1 Å². The molecule has 5 rings (SSSR count). The zero-order valence-electron chi connectivity index (χ0n) is 19.0. The Bertz CT molecular complexity index is 1130. The normalized spacial score (nSPS) is 21.2. The number of hydrogen-bond donors (Lipinski definition) is 1. The molecule has 0 amide bonds. The quantitative estimate of drug-likeness (QED) is 0.631. The molecule has 1 aliphatic carbocycles. The summed E-state index contributed by atoms with van der Waals surface area (Å²) in [5.41, 5.74) is 1.43. The summed E-state index contributed by atoms with van der Waals surface area (Å²) in [6.07, 6.45) is 6.91. The van der Waals surface area contributed by atoms with E-state index in [1.165, 1.54) is 19.3 Å². The van der Waals surface area contributed by atoms with E-state index in [4.69, 9.17) is 4.74 Å². The molecule has 2 fully saturated rings. The number of tetrazole rings is 1. The minimum Gasteiger partial charge on any atom is -0.494 e. The first-order chi connectivity index (χ1) is 15.6. The second kappa shape index (κ2) is 9.02. The SMILES string of the molecule is CCOc1ccc2[nH]c(=O)c([C@@H](c3nnnn3C3CCCC3)N3CCC[C@@H](C)C3)cc2c1. The first kappa shape index (κ1) is 21.1. The van der Waals surface area contributed by atoms with Crippen LogP contribution in [0.4, 0.5) is 0 Å². The third-order valence-corrected chi connectivity index (χ3v) is 6.94. The average Bonchev–Trinajstić information content (AvgIpc) is 3.47. The number of fused-ring (bicyclic) bond motifs is 1. The highest BCUT2D eigenvalue weighted by molar-refractivity contribution is 5.80. The lowest BCUT2D eigenvalue weighted by Crippen LogP contribution is -2.41. The molecule has 2 atom stereocenters. The van der Waals surface area contributed by atoms with Crippen LogP contribution in [0.25, 0.3) is 10.9 Å². The highest BCUT2D eigenvalue weighted by Gasteiger charge is 2.34. The number of rotatable bonds is 6. The Hall–Kier alpha value is -2.74. The second-order valence-electron chi connectivity index (χ2n) is 9.30. The van der Waals surface area contributed by atoms with Gasteiger partial charge in [0.15, 0.2) is 5.82 Å². The molecule has 8 nitrogen and oxygen atoms in total. The Morgan fingerprint density at radius 1 is 1.19 bits per heavy atom. The topological polar surface area (TPSA) is 88.9 Å². The Kier molecular flexibility index (Phi) is 5.95. The van der Waals surface area contributed by atoms with Crippen LogP contribution in [0.1, 0.15) is 75.8 Å². The Morgan fingerprint density at radius 2 is 2.03 bits per heavy atom. The molecular weight excluding hydrogens is 404 g/mol. The molecule has 3 heterocycles. The van der Waals surface area contributed by atoms with Crippen LogP contribution in [-0.2, 0) is 0 Å². The Balaban J connectivity index is 1.63. The Labute approximate surface area is 188 Å². The van der Waals surface area contributed by atoms with Crippen molar-refractivity contribution in [1.82, 2.24) is 30.1 Å². The molecule has 1 saturated carbocycles. The van der Waals surface area contributed by atoms with Gasteiger partial charge in [-0.25, -0.2) is 4.68 Å². The van der Waals surface area contributed by atoms with Crippen LogP contribution in [0.3, 0.4) is 0 Å². The van der Waals surface area contributed by atoms with Crippen LogP contribution in [0.5, 0.6) is 5.75 Å². The van der Waals surface area contributed by atoms with Gasteiger partial charge in [0.1, 0.15) is 11.8 Å². The van der Waals surface area contributed by atoms with Crippen LogP contribution in [0.15, 0.2) is 29.1 Å². The van der Waals surface area contributed by atoms with E-state index in [1.54, 1.807) is 0 Å². The summed E-state index contributed by atoms with van der Waals surface area (Å²) in [6.45, 7) is 6.72. The fourth-order valence-corrected chi connectivity index (χ4v) is 5.41. The zero-order chi connectivity index (χ0) is 22.1. The monoisotopic (exact) mass is 436 g/mol. The van der Waals surface area contributed by atoms with Crippen molar-refractivity contribution in [3.8, 4) is 5.75 Å². The number of nitrogens with zero attached hydrogens (tertiary/aromatic N) is 5. The predicted octanol–water partition coefficient (Wildman–Crippen LogP) is 3.85. The van der Waals surface area contributed by atoms with Crippen molar-refractivity contribution in [2.24, 2.45) is 5.92 Å². The van der Waals surface area contributed by atoms with Crippen molar-refractivity contribution in [3.05, 3.63) is 46.0 Å². The van der Waals surface area contributed by atoms with E-state index in [0.717, 1.165) is 54.8 Å². The van der Waals surface area contributed by atoms with Crippen molar-refractivity contribution >= 4 is 10.9 Å². The van der Waals surface area contributed by atoms with Gasteiger partial charge in [0, 0.05) is 23.0 Å². The van der Waals surface area contributed by atoms with E-state index < -0.39 is 0 Å². The van der Waals surface area contributed by atoms with Crippen LogP contribution < -0.4 is 10.3 Å². The van der Waals surface area contributed by atoms with Crippen LogP contribution in [-0.4, -0.2) is 49.8 Å². The zero-order valence-corrected chi connectivity index (χ0v) is 19.0. The lowest BCUT2D eigenvalue weighted by molar-refractivity contribution is 0.139. The van der Waals surface area contributed by atoms with Gasteiger partial charge in [-0.1, -0.05) is 19.8 Å². The molecule has 2 aromatic heterocycles. The van der Waals surface area contributed by atoms with Gasteiger partial charge in [0.25, 0.3) is 5.56 Å². The van der Waals surface area contributed by atoms with Gasteiger partial charge in [-0.3, -0.25) is 9.69 Å². The van der Waals surface area contributed by atoms with Crippen LogP contribution >= 0.6 is 0 Å². The molecule has 0 bridgehead atoms. The number of nitrogens with one attached hydrogen (secondary N) is 1. The van der Waals surface area contributed by atoms with Gasteiger partial charge in [0.05, 0.1) is 12.6 Å². The van der Waals surface area contributed by atoms with Crippen molar-refractivity contribution in [3.63, 3.8) is 0 Å². The summed E-state index contributed by atoms with van der Waals surface area (Å²) < 4.78 is 7.69. The van der Waals surface area contributed by atoms with Gasteiger partial charge in [-0.05, 0) is 79.8 Å². The number of piperidine rings is 1. The van der Waals surface area contributed by atoms with Gasteiger partial charge < -0.3 is 9.72 Å². The summed E-state index contributed by atoms with van der Waals surface area (Å²) in [5, 5.41) is 13.9. The lowest BCUT2D eigenvalue weighted by atomic mass is 9.95. The molecule has 1 saturated heterocycles. The highest BCUT2D eigenvalue weighted by Crippen LogP contribution is 2.35. The maximum absolute atomic E-state index is 13.3. The van der Waals surface area contributed by atoms with Crippen LogP contribution in [0, 0.1) is 5.92 Å². The minimum absolute atomic E-state index is 0.0779. The number of aromatic nitrogens is 5. The number of likely N-dealkylation sites (tertiary alicyclic amines) is 1. The fraction of sp³-hybridized carbons (Fsp3) is 0.583. The van der Waals surface area contributed by atoms with Crippen molar-refractivity contribution in [1.29, 1.82) is 0 Å². The van der Waals surface area contributed by atoms with E-state index >= 15 is 0 Å². The fourth-order valence-electron chi connectivity index (χ4n) is 5.41. The van der Waals surface area contributed by atoms with Gasteiger partial charge >= 0.3 is 0 Å². The number of pyridine rings is 1. The first-order valence-corrected chi connectivity index (χ1v) is 12.0. The lowest BCUT2D eigenvalue weighted by Gasteiger charge is -2.36. The first-order valence-electron chi connectivity index (χ1n) is 12.0. The number of hydrogen-bond acceptors (Lipinski definition) is 6. The summed E-state index contributed by atoms with van der Waals surface area (Å²) in [6, 6.07) is 7.85. The summed E-state index contributed by atoms with van der Waals surface area (Å²) in [4.78, 5) is 18.8. The van der Waals surface area contributed by atoms with E-state index in [2.05, 4.69) is 32.3 Å². The van der Waals surface area contributed by atoms with Crippen molar-refractivity contribution < 1.29 is 4.74 Å². The molecule has 170 valence electrons. The molecular formula is C24H32N6O2. The molecule has 32 heavy (non-hydrogen) atoms. The van der Waals surface area contributed by atoms with Gasteiger partial charge in [-0.15, -0.1) is 5.10 Å². The van der Waals surface area contributed by atoms with E-state index in [1.807, 2.05) is 35.9 Å². The average molecular weight is 437 g/mol. The molecule has 2 aliphatic rings. The maximum Gasteiger partial charge on any atom is 0.253 e. The maximum atomic E-state index is 13.3.